The Hall–Kier alpha value is -3.40. The number of likely N-dealkylation sites (tertiary alicyclic amines) is 1. The van der Waals surface area contributed by atoms with Gasteiger partial charge in [-0.2, -0.15) is 0 Å². The van der Waals surface area contributed by atoms with Crippen molar-refractivity contribution < 1.29 is 9.18 Å². The van der Waals surface area contributed by atoms with Gasteiger partial charge in [-0.3, -0.25) is 9.59 Å². The van der Waals surface area contributed by atoms with E-state index in [1.165, 1.54) is 23.5 Å². The summed E-state index contributed by atoms with van der Waals surface area (Å²) in [7, 11) is 0. The van der Waals surface area contributed by atoms with Crippen LogP contribution in [0.15, 0.2) is 46.6 Å². The van der Waals surface area contributed by atoms with Gasteiger partial charge in [-0.25, -0.2) is 14.1 Å². The Morgan fingerprint density at radius 2 is 2.10 bits per heavy atom. The Kier molecular flexibility index (Phi) is 5.06. The molecule has 1 aliphatic rings. The number of aromatic amines is 1. The number of rotatable bonds is 4. The van der Waals surface area contributed by atoms with E-state index in [0.717, 1.165) is 18.4 Å². The number of amides is 1. The largest absolute Gasteiger partial charge is 0.337 e. The highest BCUT2D eigenvalue weighted by Gasteiger charge is 2.28. The summed E-state index contributed by atoms with van der Waals surface area (Å²) in [5, 5.41) is 9.91. The third kappa shape index (κ3) is 3.86. The molecule has 31 heavy (non-hydrogen) atoms. The number of hydrogen-bond donors (Lipinski definition) is 1. The van der Waals surface area contributed by atoms with E-state index in [2.05, 4.69) is 20.3 Å². The zero-order chi connectivity index (χ0) is 21.4. The lowest BCUT2D eigenvalue weighted by Gasteiger charge is -2.31. The number of carbonyl (C=O) groups is 1. The van der Waals surface area contributed by atoms with Gasteiger partial charge >= 0.3 is 0 Å². The zero-order valence-electron chi connectivity index (χ0n) is 16.5. The molecule has 8 nitrogen and oxygen atoms in total. The molecule has 4 aromatic rings. The molecule has 0 unspecified atom stereocenters. The molecule has 1 saturated heterocycles. The van der Waals surface area contributed by atoms with Crippen molar-refractivity contribution in [2.75, 3.05) is 13.1 Å². The van der Waals surface area contributed by atoms with Crippen LogP contribution in [-0.2, 0) is 6.54 Å². The van der Waals surface area contributed by atoms with Crippen molar-refractivity contribution in [3.63, 3.8) is 0 Å². The van der Waals surface area contributed by atoms with Crippen molar-refractivity contribution >= 4 is 28.4 Å². The van der Waals surface area contributed by atoms with Crippen LogP contribution in [0.25, 0.3) is 11.2 Å². The van der Waals surface area contributed by atoms with Crippen LogP contribution in [0.4, 0.5) is 4.39 Å². The van der Waals surface area contributed by atoms with Gasteiger partial charge in [-0.05, 0) is 42.0 Å². The van der Waals surface area contributed by atoms with Crippen molar-refractivity contribution in [3.8, 4) is 0 Å². The van der Waals surface area contributed by atoms with Gasteiger partial charge in [0.1, 0.15) is 11.6 Å². The van der Waals surface area contributed by atoms with Crippen LogP contribution in [0.5, 0.6) is 0 Å². The fraction of sp³-hybridized carbons (Fsp3) is 0.286. The molecular weight excluding hydrogens is 419 g/mol. The predicted octanol–water partition coefficient (Wildman–Crippen LogP) is 2.78. The molecule has 0 radical (unpaired) electrons. The van der Waals surface area contributed by atoms with Gasteiger partial charge < -0.3 is 9.88 Å². The minimum atomic E-state index is -0.355. The van der Waals surface area contributed by atoms with Gasteiger partial charge in [-0.1, -0.05) is 23.4 Å². The van der Waals surface area contributed by atoms with E-state index in [9.17, 15) is 14.0 Å². The fourth-order valence-electron chi connectivity index (χ4n) is 3.89. The number of H-pyrrole nitrogens is 1. The minimum Gasteiger partial charge on any atom is -0.337 e. The number of hydrogen-bond acceptors (Lipinski definition) is 6. The summed E-state index contributed by atoms with van der Waals surface area (Å²) in [6, 6.07) is 9.75. The first-order valence-corrected chi connectivity index (χ1v) is 10.9. The maximum Gasteiger partial charge on any atom is 0.281 e. The van der Waals surface area contributed by atoms with Crippen LogP contribution >= 0.6 is 11.3 Å². The molecule has 0 saturated carbocycles. The van der Waals surface area contributed by atoms with Crippen molar-refractivity contribution in [2.45, 2.75) is 25.3 Å². The van der Waals surface area contributed by atoms with Crippen LogP contribution < -0.4 is 5.56 Å². The number of halogens is 1. The molecule has 1 N–H and O–H groups in total. The molecular formula is C21H19FN6O2S. The molecule has 4 heterocycles. The fourth-order valence-corrected chi connectivity index (χ4v) is 4.58. The third-order valence-corrected chi connectivity index (χ3v) is 6.32. The highest BCUT2D eigenvalue weighted by molar-refractivity contribution is 7.12. The normalized spacial score (nSPS) is 16.7. The first-order chi connectivity index (χ1) is 15.1. The molecule has 1 amide bonds. The van der Waals surface area contributed by atoms with E-state index in [-0.39, 0.29) is 28.7 Å². The van der Waals surface area contributed by atoms with E-state index in [4.69, 9.17) is 0 Å². The summed E-state index contributed by atoms with van der Waals surface area (Å²) >= 11 is 1.42. The van der Waals surface area contributed by atoms with Gasteiger partial charge in [-0.15, -0.1) is 16.4 Å². The Morgan fingerprint density at radius 1 is 1.26 bits per heavy atom. The molecule has 1 aliphatic heterocycles. The zero-order valence-corrected chi connectivity index (χ0v) is 17.3. The number of thiophene rings is 1. The molecule has 1 atom stereocenters. The second-order valence-corrected chi connectivity index (χ2v) is 8.51. The Labute approximate surface area is 180 Å². The number of piperidine rings is 1. The Morgan fingerprint density at radius 3 is 2.87 bits per heavy atom. The average molecular weight is 438 g/mol. The van der Waals surface area contributed by atoms with Crippen molar-refractivity contribution in [1.82, 2.24) is 29.9 Å². The molecule has 158 valence electrons. The maximum absolute atomic E-state index is 13.2. The highest BCUT2D eigenvalue weighted by Crippen LogP contribution is 2.26. The van der Waals surface area contributed by atoms with E-state index in [1.807, 2.05) is 22.4 Å². The molecule has 5 rings (SSSR count). The topological polar surface area (TPSA) is 96.8 Å². The van der Waals surface area contributed by atoms with Crippen molar-refractivity contribution in [1.29, 1.82) is 0 Å². The molecule has 1 aromatic carbocycles. The van der Waals surface area contributed by atoms with E-state index < -0.39 is 0 Å². The van der Waals surface area contributed by atoms with Gasteiger partial charge in [0.2, 0.25) is 0 Å². The minimum absolute atomic E-state index is 0.00569. The van der Waals surface area contributed by atoms with Crippen LogP contribution in [0.3, 0.4) is 0 Å². The SMILES string of the molecule is O=C(c1cccs1)N1CCC[C@H](c2nc3c(nnn3Cc3ccc(F)cc3)c(=O)[nH]2)C1. The Bertz CT molecular complexity index is 1280. The number of aromatic nitrogens is 5. The summed E-state index contributed by atoms with van der Waals surface area (Å²) in [5.74, 6) is 0.141. The number of nitrogens with zero attached hydrogens (tertiary/aromatic N) is 5. The van der Waals surface area contributed by atoms with Crippen LogP contribution in [0.1, 0.15) is 39.8 Å². The van der Waals surface area contributed by atoms with Crippen molar-refractivity contribution in [3.05, 3.63) is 74.2 Å². The lowest BCUT2D eigenvalue weighted by atomic mass is 9.97. The van der Waals surface area contributed by atoms with Crippen LogP contribution in [-0.4, -0.2) is 48.9 Å². The summed E-state index contributed by atoms with van der Waals surface area (Å²) in [6.07, 6.45) is 1.65. The van der Waals surface area contributed by atoms with E-state index >= 15 is 0 Å². The summed E-state index contributed by atoms with van der Waals surface area (Å²) in [6.45, 7) is 1.49. The predicted molar refractivity (Wildman–Crippen MR) is 114 cm³/mol. The number of carbonyl (C=O) groups excluding carboxylic acids is 1. The molecule has 3 aromatic heterocycles. The summed E-state index contributed by atoms with van der Waals surface area (Å²) in [5.41, 5.74) is 1.01. The van der Waals surface area contributed by atoms with Crippen LogP contribution in [0.2, 0.25) is 0 Å². The summed E-state index contributed by atoms with van der Waals surface area (Å²) < 4.78 is 14.7. The van der Waals surface area contributed by atoms with Gasteiger partial charge in [0.25, 0.3) is 11.5 Å². The monoisotopic (exact) mass is 438 g/mol. The highest BCUT2D eigenvalue weighted by atomic mass is 32.1. The number of benzene rings is 1. The maximum atomic E-state index is 13.2. The molecule has 0 spiro atoms. The first-order valence-electron chi connectivity index (χ1n) is 9.99. The first kappa shape index (κ1) is 19.6. The molecule has 0 bridgehead atoms. The Balaban J connectivity index is 1.43. The summed E-state index contributed by atoms with van der Waals surface area (Å²) in [4.78, 5) is 35.4. The molecule has 0 aliphatic carbocycles. The van der Waals surface area contributed by atoms with E-state index in [0.29, 0.717) is 36.0 Å². The lowest BCUT2D eigenvalue weighted by Crippen LogP contribution is -2.39. The lowest BCUT2D eigenvalue weighted by molar-refractivity contribution is 0.0709. The number of fused-ring (bicyclic) bond motifs is 1. The van der Waals surface area contributed by atoms with Crippen molar-refractivity contribution in [2.24, 2.45) is 0 Å². The second kappa shape index (κ2) is 8.03. The van der Waals surface area contributed by atoms with Gasteiger partial charge in [0, 0.05) is 19.0 Å². The smallest absolute Gasteiger partial charge is 0.281 e. The van der Waals surface area contributed by atoms with Gasteiger partial charge in [0.05, 0.1) is 11.4 Å². The standard InChI is InChI=1S/C21H19FN6O2S/c22-15-7-5-13(6-8-15)11-28-19-17(25-26-28)20(29)24-18(23-19)14-3-1-9-27(12-14)21(30)16-4-2-10-31-16/h2,4-8,10,14H,1,3,9,11-12H2,(H,23,24,29)/t14-/m0/s1. The third-order valence-electron chi connectivity index (χ3n) is 5.46. The van der Waals surface area contributed by atoms with Gasteiger partial charge in [0.15, 0.2) is 11.2 Å². The second-order valence-electron chi connectivity index (χ2n) is 7.56. The number of nitrogens with one attached hydrogen (secondary N) is 1. The molecule has 1 fully saturated rings. The molecule has 10 heteroatoms. The average Bonchev–Trinajstić information content (AvgIpc) is 3.46. The van der Waals surface area contributed by atoms with Crippen LogP contribution in [0, 0.1) is 5.82 Å². The quantitative estimate of drug-likeness (QED) is 0.529. The van der Waals surface area contributed by atoms with E-state index in [1.54, 1.807) is 16.8 Å².